The summed E-state index contributed by atoms with van der Waals surface area (Å²) in [6, 6.07) is 5.15. The molecule has 1 amide bonds. The van der Waals surface area contributed by atoms with Crippen molar-refractivity contribution in [1.82, 2.24) is 20.1 Å². The van der Waals surface area contributed by atoms with Crippen molar-refractivity contribution in [3.8, 4) is 0 Å². The van der Waals surface area contributed by atoms with Crippen LogP contribution in [0.2, 0.25) is 0 Å². The van der Waals surface area contributed by atoms with E-state index in [2.05, 4.69) is 17.8 Å². The molecule has 10 heteroatoms. The van der Waals surface area contributed by atoms with Gasteiger partial charge in [0.2, 0.25) is 15.9 Å². The SMILES string of the molecule is CCC1CC(C(=O)N2CCN(S(=O)(=O)c3ccc(C(=O)O)cc3)CC2)NN1. The van der Waals surface area contributed by atoms with E-state index in [1.165, 1.54) is 28.6 Å². The van der Waals surface area contributed by atoms with E-state index in [4.69, 9.17) is 5.11 Å². The van der Waals surface area contributed by atoms with Gasteiger partial charge >= 0.3 is 5.97 Å². The largest absolute Gasteiger partial charge is 0.478 e. The Morgan fingerprint density at radius 2 is 1.74 bits per heavy atom. The van der Waals surface area contributed by atoms with E-state index in [0.717, 1.165) is 12.8 Å². The van der Waals surface area contributed by atoms with Gasteiger partial charge in [-0.25, -0.2) is 18.6 Å². The molecule has 3 rings (SSSR count). The highest BCUT2D eigenvalue weighted by atomic mass is 32.2. The maximum Gasteiger partial charge on any atom is 0.335 e. The van der Waals surface area contributed by atoms with Gasteiger partial charge in [-0.15, -0.1) is 0 Å². The molecule has 0 radical (unpaired) electrons. The van der Waals surface area contributed by atoms with Crippen LogP contribution in [0.4, 0.5) is 0 Å². The van der Waals surface area contributed by atoms with E-state index >= 15 is 0 Å². The first-order valence-electron chi connectivity index (χ1n) is 8.96. The molecular weight excluding hydrogens is 372 g/mol. The number of aromatic carboxylic acids is 1. The first-order valence-corrected chi connectivity index (χ1v) is 10.4. The molecule has 0 aromatic heterocycles. The number of hydrazine groups is 1. The Morgan fingerprint density at radius 1 is 1.11 bits per heavy atom. The normalized spacial score (nSPS) is 24.1. The third kappa shape index (κ3) is 4.13. The van der Waals surface area contributed by atoms with Crippen LogP contribution in [-0.2, 0) is 14.8 Å². The zero-order valence-electron chi connectivity index (χ0n) is 15.1. The van der Waals surface area contributed by atoms with Crippen molar-refractivity contribution in [2.24, 2.45) is 0 Å². The monoisotopic (exact) mass is 396 g/mol. The van der Waals surface area contributed by atoms with Crippen molar-refractivity contribution in [1.29, 1.82) is 0 Å². The number of rotatable bonds is 5. The lowest BCUT2D eigenvalue weighted by Crippen LogP contribution is -2.54. The van der Waals surface area contributed by atoms with Crippen LogP contribution in [0.1, 0.15) is 30.1 Å². The van der Waals surface area contributed by atoms with Crippen LogP contribution in [0.3, 0.4) is 0 Å². The number of hydrogen-bond acceptors (Lipinski definition) is 6. The predicted molar refractivity (Wildman–Crippen MR) is 97.5 cm³/mol. The van der Waals surface area contributed by atoms with Gasteiger partial charge in [-0.2, -0.15) is 4.31 Å². The highest BCUT2D eigenvalue weighted by Crippen LogP contribution is 2.19. The molecule has 0 spiro atoms. The third-order valence-corrected chi connectivity index (χ3v) is 6.98. The highest BCUT2D eigenvalue weighted by Gasteiger charge is 2.35. The van der Waals surface area contributed by atoms with Crippen molar-refractivity contribution in [3.63, 3.8) is 0 Å². The molecule has 1 aromatic carbocycles. The molecule has 2 aliphatic rings. The molecule has 0 bridgehead atoms. The second kappa shape index (κ2) is 7.93. The zero-order chi connectivity index (χ0) is 19.6. The number of carbonyl (C=O) groups is 2. The van der Waals surface area contributed by atoms with Gasteiger partial charge < -0.3 is 10.0 Å². The molecule has 1 aromatic rings. The standard InChI is InChI=1S/C17H24N4O5S/c1-2-13-11-15(19-18-13)16(22)20-7-9-21(10-8-20)27(25,26)14-5-3-12(4-6-14)17(23)24/h3-6,13,15,18-19H,2,7-11H2,1H3,(H,23,24). The molecular formula is C17H24N4O5S. The molecule has 0 aliphatic carbocycles. The molecule has 2 fully saturated rings. The number of carbonyl (C=O) groups excluding carboxylic acids is 1. The fourth-order valence-electron chi connectivity index (χ4n) is 3.34. The van der Waals surface area contributed by atoms with Crippen LogP contribution >= 0.6 is 0 Å². The second-order valence-corrected chi connectivity index (χ2v) is 8.68. The lowest BCUT2D eigenvalue weighted by molar-refractivity contribution is -0.134. The fraction of sp³-hybridized carbons (Fsp3) is 0.529. The molecule has 27 heavy (non-hydrogen) atoms. The lowest BCUT2D eigenvalue weighted by atomic mass is 10.1. The summed E-state index contributed by atoms with van der Waals surface area (Å²) in [5, 5.41) is 8.92. The summed E-state index contributed by atoms with van der Waals surface area (Å²) < 4.78 is 26.8. The number of benzene rings is 1. The van der Waals surface area contributed by atoms with Gasteiger partial charge in [-0.3, -0.25) is 10.2 Å². The number of nitrogens with zero attached hydrogens (tertiary/aromatic N) is 2. The van der Waals surface area contributed by atoms with Crippen molar-refractivity contribution in [3.05, 3.63) is 29.8 Å². The van der Waals surface area contributed by atoms with E-state index in [9.17, 15) is 18.0 Å². The number of carboxylic acids is 1. The van der Waals surface area contributed by atoms with Gasteiger partial charge in [-0.1, -0.05) is 6.92 Å². The van der Waals surface area contributed by atoms with Crippen LogP contribution in [0.5, 0.6) is 0 Å². The van der Waals surface area contributed by atoms with Gasteiger partial charge in [0.1, 0.15) is 6.04 Å². The maximum absolute atomic E-state index is 12.7. The van der Waals surface area contributed by atoms with Gasteiger partial charge in [0.15, 0.2) is 0 Å². The van der Waals surface area contributed by atoms with Crippen molar-refractivity contribution < 1.29 is 23.1 Å². The van der Waals surface area contributed by atoms with E-state index in [1.54, 1.807) is 4.90 Å². The number of hydrogen-bond donors (Lipinski definition) is 3. The predicted octanol–water partition coefficient (Wildman–Crippen LogP) is -0.137. The van der Waals surface area contributed by atoms with E-state index in [1.807, 2.05) is 0 Å². The van der Waals surface area contributed by atoms with Crippen LogP contribution in [0.25, 0.3) is 0 Å². The Hall–Kier alpha value is -2.01. The molecule has 0 saturated carbocycles. The van der Waals surface area contributed by atoms with Gasteiger partial charge in [0.05, 0.1) is 10.5 Å². The Morgan fingerprint density at radius 3 is 2.26 bits per heavy atom. The minimum Gasteiger partial charge on any atom is -0.478 e. The minimum absolute atomic E-state index is 0.0127. The molecule has 2 unspecified atom stereocenters. The fourth-order valence-corrected chi connectivity index (χ4v) is 4.76. The molecule has 2 saturated heterocycles. The summed E-state index contributed by atoms with van der Waals surface area (Å²) in [5.41, 5.74) is 6.15. The molecule has 2 aliphatic heterocycles. The zero-order valence-corrected chi connectivity index (χ0v) is 15.9. The molecule has 9 nitrogen and oxygen atoms in total. The Kier molecular flexibility index (Phi) is 5.80. The van der Waals surface area contributed by atoms with Crippen LogP contribution in [-0.4, -0.2) is 72.9 Å². The van der Waals surface area contributed by atoms with Gasteiger partial charge in [0.25, 0.3) is 0 Å². The Bertz CT molecular complexity index is 803. The first-order chi connectivity index (χ1) is 12.8. The van der Waals surface area contributed by atoms with E-state index < -0.39 is 16.0 Å². The number of carboxylic acid groups (broad SMARTS) is 1. The third-order valence-electron chi connectivity index (χ3n) is 5.06. The summed E-state index contributed by atoms with van der Waals surface area (Å²) in [6.07, 6.45) is 1.66. The summed E-state index contributed by atoms with van der Waals surface area (Å²) in [5.74, 6) is -1.12. The summed E-state index contributed by atoms with van der Waals surface area (Å²) in [7, 11) is -3.71. The van der Waals surface area contributed by atoms with Crippen LogP contribution in [0.15, 0.2) is 29.2 Å². The van der Waals surface area contributed by atoms with Crippen molar-refractivity contribution in [2.45, 2.75) is 36.7 Å². The lowest BCUT2D eigenvalue weighted by Gasteiger charge is -2.35. The first kappa shape index (κ1) is 19.7. The quantitative estimate of drug-likeness (QED) is 0.634. The number of piperazine rings is 1. The summed E-state index contributed by atoms with van der Waals surface area (Å²) in [6.45, 7) is 3.15. The number of amides is 1. The van der Waals surface area contributed by atoms with Crippen LogP contribution in [0, 0.1) is 0 Å². The van der Waals surface area contributed by atoms with E-state index in [0.29, 0.717) is 13.1 Å². The topological polar surface area (TPSA) is 119 Å². The average Bonchev–Trinajstić information content (AvgIpc) is 3.17. The summed E-state index contributed by atoms with van der Waals surface area (Å²) >= 11 is 0. The molecule has 3 N–H and O–H groups in total. The molecule has 2 atom stereocenters. The highest BCUT2D eigenvalue weighted by molar-refractivity contribution is 7.89. The van der Waals surface area contributed by atoms with Crippen LogP contribution < -0.4 is 10.9 Å². The number of sulfonamides is 1. The number of nitrogens with one attached hydrogen (secondary N) is 2. The Balaban J connectivity index is 1.61. The minimum atomic E-state index is -3.71. The summed E-state index contributed by atoms with van der Waals surface area (Å²) in [4.78, 5) is 25.2. The van der Waals surface area contributed by atoms with Gasteiger partial charge in [0, 0.05) is 32.2 Å². The van der Waals surface area contributed by atoms with Crippen molar-refractivity contribution in [2.75, 3.05) is 26.2 Å². The smallest absolute Gasteiger partial charge is 0.335 e. The second-order valence-electron chi connectivity index (χ2n) is 6.74. The Labute approximate surface area is 158 Å². The molecule has 148 valence electrons. The maximum atomic E-state index is 12.7. The van der Waals surface area contributed by atoms with E-state index in [-0.39, 0.29) is 41.5 Å². The molecule has 2 heterocycles. The average molecular weight is 396 g/mol. The van der Waals surface area contributed by atoms with Crippen molar-refractivity contribution >= 4 is 21.9 Å². The van der Waals surface area contributed by atoms with Gasteiger partial charge in [-0.05, 0) is 37.1 Å².